The molecule has 0 spiro atoms. The molecule has 0 bridgehead atoms. The van der Waals surface area contributed by atoms with Crippen LogP contribution < -0.4 is 5.32 Å². The molecule has 1 N–H and O–H groups in total. The molecule has 8 heteroatoms. The van der Waals surface area contributed by atoms with Crippen molar-refractivity contribution in [2.24, 2.45) is 5.92 Å². The summed E-state index contributed by atoms with van der Waals surface area (Å²) in [4.78, 5) is 40.8. The van der Waals surface area contributed by atoms with Crippen LogP contribution in [0, 0.1) is 11.7 Å². The summed E-state index contributed by atoms with van der Waals surface area (Å²) in [5.74, 6) is -1.18. The van der Waals surface area contributed by atoms with E-state index in [1.165, 1.54) is 24.3 Å². The van der Waals surface area contributed by atoms with Crippen LogP contribution >= 0.6 is 0 Å². The molecule has 2 rings (SSSR count). The fourth-order valence-corrected chi connectivity index (χ4v) is 2.97. The summed E-state index contributed by atoms with van der Waals surface area (Å²) in [5.41, 5.74) is -0.281. The summed E-state index contributed by atoms with van der Waals surface area (Å²) in [7, 11) is 0. The van der Waals surface area contributed by atoms with Gasteiger partial charge in [0.1, 0.15) is 17.5 Å². The van der Waals surface area contributed by atoms with Gasteiger partial charge in [-0.1, -0.05) is 13.8 Å². The predicted octanol–water partition coefficient (Wildman–Crippen LogP) is 2.66. The molecule has 1 unspecified atom stereocenters. The van der Waals surface area contributed by atoms with E-state index in [2.05, 4.69) is 5.32 Å². The fourth-order valence-electron chi connectivity index (χ4n) is 2.97. The van der Waals surface area contributed by atoms with E-state index in [1.807, 2.05) is 34.6 Å². The Morgan fingerprint density at radius 3 is 2.00 bits per heavy atom. The number of piperazine rings is 1. The molecule has 160 valence electrons. The Morgan fingerprint density at radius 1 is 1.00 bits per heavy atom. The van der Waals surface area contributed by atoms with Gasteiger partial charge in [-0.05, 0) is 51.0 Å². The highest BCUT2D eigenvalue weighted by Gasteiger charge is 2.33. The molecule has 1 heterocycles. The Kier molecular flexibility index (Phi) is 7.21. The maximum atomic E-state index is 13.1. The summed E-state index contributed by atoms with van der Waals surface area (Å²) in [6.07, 6.45) is -0.394. The van der Waals surface area contributed by atoms with Crippen molar-refractivity contribution in [3.63, 3.8) is 0 Å². The standard InChI is InChI=1S/C21H30FN3O4/c1-14(2)17(23-18(26)15-6-8-16(22)9-7-15)19(27)24-10-12-25(13-11-24)20(28)29-21(3,4)5/h6-9,14,17H,10-13H2,1-5H3,(H,23,26). The van der Waals surface area contributed by atoms with E-state index in [4.69, 9.17) is 4.74 Å². The molecular weight excluding hydrogens is 377 g/mol. The first-order valence-electron chi connectivity index (χ1n) is 9.81. The van der Waals surface area contributed by atoms with Crippen LogP contribution in [-0.4, -0.2) is 65.5 Å². The van der Waals surface area contributed by atoms with Crippen molar-refractivity contribution in [2.75, 3.05) is 26.2 Å². The fraction of sp³-hybridized carbons (Fsp3) is 0.571. The number of hydrogen-bond acceptors (Lipinski definition) is 4. The Labute approximate surface area is 171 Å². The minimum atomic E-state index is -0.708. The van der Waals surface area contributed by atoms with Crippen LogP contribution in [0.1, 0.15) is 45.0 Å². The van der Waals surface area contributed by atoms with Crippen LogP contribution in [0.5, 0.6) is 0 Å². The third-order valence-corrected chi connectivity index (χ3v) is 4.57. The SMILES string of the molecule is CC(C)C(NC(=O)c1ccc(F)cc1)C(=O)N1CCN(C(=O)OC(C)(C)C)CC1. The molecule has 1 fully saturated rings. The number of nitrogens with zero attached hydrogens (tertiary/aromatic N) is 2. The minimum absolute atomic E-state index is 0.129. The third-order valence-electron chi connectivity index (χ3n) is 4.57. The van der Waals surface area contributed by atoms with Gasteiger partial charge >= 0.3 is 6.09 Å². The molecule has 3 amide bonds. The molecule has 1 aliphatic heterocycles. The van der Waals surface area contributed by atoms with E-state index in [9.17, 15) is 18.8 Å². The molecule has 1 aromatic carbocycles. The van der Waals surface area contributed by atoms with Crippen LogP contribution in [0.2, 0.25) is 0 Å². The first-order valence-corrected chi connectivity index (χ1v) is 9.81. The van der Waals surface area contributed by atoms with E-state index >= 15 is 0 Å². The van der Waals surface area contributed by atoms with Crippen LogP contribution in [0.15, 0.2) is 24.3 Å². The zero-order chi connectivity index (χ0) is 21.8. The van der Waals surface area contributed by atoms with Gasteiger partial charge in [0.25, 0.3) is 5.91 Å². The second kappa shape index (κ2) is 9.24. The molecule has 1 aromatic rings. The average molecular weight is 407 g/mol. The topological polar surface area (TPSA) is 79.0 Å². The number of benzene rings is 1. The van der Waals surface area contributed by atoms with Gasteiger partial charge in [-0.2, -0.15) is 0 Å². The molecule has 0 radical (unpaired) electrons. The lowest BCUT2D eigenvalue weighted by Gasteiger charge is -2.37. The van der Waals surface area contributed by atoms with E-state index < -0.39 is 29.5 Å². The molecule has 29 heavy (non-hydrogen) atoms. The number of halogens is 1. The zero-order valence-corrected chi connectivity index (χ0v) is 17.7. The lowest BCUT2D eigenvalue weighted by Crippen LogP contribution is -2.57. The smallest absolute Gasteiger partial charge is 0.410 e. The van der Waals surface area contributed by atoms with E-state index in [0.29, 0.717) is 31.7 Å². The van der Waals surface area contributed by atoms with Gasteiger partial charge in [0, 0.05) is 31.7 Å². The highest BCUT2D eigenvalue weighted by Crippen LogP contribution is 2.14. The molecule has 7 nitrogen and oxygen atoms in total. The van der Waals surface area contributed by atoms with Gasteiger partial charge in [-0.25, -0.2) is 9.18 Å². The van der Waals surface area contributed by atoms with Crippen molar-refractivity contribution in [2.45, 2.75) is 46.3 Å². The summed E-state index contributed by atoms with van der Waals surface area (Å²) in [6.45, 7) is 10.6. The van der Waals surface area contributed by atoms with E-state index in [0.717, 1.165) is 0 Å². The quantitative estimate of drug-likeness (QED) is 0.832. The van der Waals surface area contributed by atoms with Gasteiger partial charge in [0.05, 0.1) is 0 Å². The van der Waals surface area contributed by atoms with Crippen molar-refractivity contribution < 1.29 is 23.5 Å². The number of ether oxygens (including phenoxy) is 1. The maximum absolute atomic E-state index is 13.1. The minimum Gasteiger partial charge on any atom is -0.444 e. The summed E-state index contributed by atoms with van der Waals surface area (Å²) in [5, 5.41) is 2.76. The summed E-state index contributed by atoms with van der Waals surface area (Å²) >= 11 is 0. The molecule has 1 aliphatic rings. The third kappa shape index (κ3) is 6.44. The normalized spacial score (nSPS) is 15.8. The van der Waals surface area contributed by atoms with Gasteiger partial charge in [0.2, 0.25) is 5.91 Å². The van der Waals surface area contributed by atoms with Gasteiger partial charge < -0.3 is 19.9 Å². The monoisotopic (exact) mass is 407 g/mol. The van der Waals surface area contributed by atoms with Crippen molar-refractivity contribution in [1.29, 1.82) is 0 Å². The lowest BCUT2D eigenvalue weighted by atomic mass is 10.0. The Morgan fingerprint density at radius 2 is 1.52 bits per heavy atom. The number of rotatable bonds is 4. The van der Waals surface area contributed by atoms with Crippen molar-refractivity contribution in [3.8, 4) is 0 Å². The maximum Gasteiger partial charge on any atom is 0.410 e. The van der Waals surface area contributed by atoms with E-state index in [-0.39, 0.29) is 11.8 Å². The van der Waals surface area contributed by atoms with Crippen molar-refractivity contribution in [1.82, 2.24) is 15.1 Å². The average Bonchev–Trinajstić information content (AvgIpc) is 2.64. The van der Waals surface area contributed by atoms with E-state index in [1.54, 1.807) is 9.80 Å². The van der Waals surface area contributed by atoms with Crippen LogP contribution in [0.25, 0.3) is 0 Å². The van der Waals surface area contributed by atoms with Gasteiger partial charge in [-0.3, -0.25) is 9.59 Å². The van der Waals surface area contributed by atoms with Crippen molar-refractivity contribution in [3.05, 3.63) is 35.6 Å². The highest BCUT2D eigenvalue weighted by molar-refractivity contribution is 5.97. The second-order valence-electron chi connectivity index (χ2n) is 8.49. The Bertz CT molecular complexity index is 735. The first-order chi connectivity index (χ1) is 13.5. The van der Waals surface area contributed by atoms with Crippen molar-refractivity contribution >= 4 is 17.9 Å². The first kappa shape index (κ1) is 22.6. The second-order valence-corrected chi connectivity index (χ2v) is 8.49. The van der Waals surface area contributed by atoms with Crippen LogP contribution in [-0.2, 0) is 9.53 Å². The molecule has 1 atom stereocenters. The van der Waals surface area contributed by atoms with Crippen LogP contribution in [0.3, 0.4) is 0 Å². The lowest BCUT2D eigenvalue weighted by molar-refractivity contribution is -0.136. The summed E-state index contributed by atoms with van der Waals surface area (Å²) in [6, 6.07) is 4.47. The Hall–Kier alpha value is -2.64. The zero-order valence-electron chi connectivity index (χ0n) is 17.7. The number of nitrogens with one attached hydrogen (secondary N) is 1. The molecule has 0 aromatic heterocycles. The molecule has 0 saturated carbocycles. The van der Waals surface area contributed by atoms with Gasteiger partial charge in [0.15, 0.2) is 0 Å². The molecular formula is C21H30FN3O4. The number of hydrogen-bond donors (Lipinski definition) is 1. The molecule has 1 saturated heterocycles. The largest absolute Gasteiger partial charge is 0.444 e. The Balaban J connectivity index is 1.97. The number of amides is 3. The number of carbonyl (C=O) groups excluding carboxylic acids is 3. The van der Waals surface area contributed by atoms with Gasteiger partial charge in [-0.15, -0.1) is 0 Å². The predicted molar refractivity (Wildman–Crippen MR) is 107 cm³/mol. The van der Waals surface area contributed by atoms with Crippen LogP contribution in [0.4, 0.5) is 9.18 Å². The molecule has 0 aliphatic carbocycles. The summed E-state index contributed by atoms with van der Waals surface area (Å²) < 4.78 is 18.4. The number of carbonyl (C=O) groups is 3. The highest BCUT2D eigenvalue weighted by atomic mass is 19.1.